The van der Waals surface area contributed by atoms with Gasteiger partial charge in [-0.3, -0.25) is 4.79 Å². The first-order valence-electron chi connectivity index (χ1n) is 12.0. The topological polar surface area (TPSA) is 71.8 Å². The van der Waals surface area contributed by atoms with Gasteiger partial charge in [-0.25, -0.2) is 9.36 Å². The van der Waals surface area contributed by atoms with Crippen molar-refractivity contribution in [1.29, 1.82) is 0 Å². The second-order valence-corrected chi connectivity index (χ2v) is 10.0. The van der Waals surface area contributed by atoms with E-state index in [2.05, 4.69) is 0 Å². The average molecular weight is 463 g/mol. The first-order valence-corrected chi connectivity index (χ1v) is 12.0. The Kier molecular flexibility index (Phi) is 6.54. The van der Waals surface area contributed by atoms with Crippen molar-refractivity contribution in [2.75, 3.05) is 6.54 Å². The third-order valence-electron chi connectivity index (χ3n) is 6.66. The molecule has 4 rings (SSSR count). The zero-order valence-electron chi connectivity index (χ0n) is 20.6. The van der Waals surface area contributed by atoms with E-state index in [0.29, 0.717) is 25.1 Å². The quantitative estimate of drug-likeness (QED) is 0.564. The van der Waals surface area contributed by atoms with Gasteiger partial charge in [0.1, 0.15) is 11.7 Å². The molecule has 0 bridgehead atoms. The largest absolute Gasteiger partial charge is 0.443 e. The lowest BCUT2D eigenvalue weighted by Crippen LogP contribution is -2.46. The molecule has 6 nitrogen and oxygen atoms in total. The number of ether oxygens (including phenoxy) is 1. The van der Waals surface area contributed by atoms with Crippen molar-refractivity contribution in [3.05, 3.63) is 71.4 Å². The van der Waals surface area contributed by atoms with Crippen LogP contribution < -0.4 is 0 Å². The molecule has 3 atom stereocenters. The predicted octanol–water partition coefficient (Wildman–Crippen LogP) is 5.42. The summed E-state index contributed by atoms with van der Waals surface area (Å²) in [6, 6.07) is 17.4. The first kappa shape index (κ1) is 24.0. The van der Waals surface area contributed by atoms with Crippen LogP contribution in [0.5, 0.6) is 0 Å². The number of para-hydroxylation sites is 1. The van der Waals surface area contributed by atoms with Crippen LogP contribution in [-0.2, 0) is 16.0 Å². The summed E-state index contributed by atoms with van der Waals surface area (Å²) < 4.78 is 7.33. The van der Waals surface area contributed by atoms with Crippen molar-refractivity contribution in [1.82, 2.24) is 9.47 Å². The highest BCUT2D eigenvalue weighted by Crippen LogP contribution is 2.39. The van der Waals surface area contributed by atoms with Crippen molar-refractivity contribution in [3.63, 3.8) is 0 Å². The Morgan fingerprint density at radius 2 is 1.76 bits per heavy atom. The number of aliphatic hydroxyl groups excluding tert-OH is 1. The Morgan fingerprint density at radius 3 is 2.41 bits per heavy atom. The fraction of sp³-hybridized carbons (Fsp3) is 0.429. The van der Waals surface area contributed by atoms with Crippen LogP contribution in [-0.4, -0.2) is 44.8 Å². The van der Waals surface area contributed by atoms with E-state index in [9.17, 15) is 14.7 Å². The summed E-state index contributed by atoms with van der Waals surface area (Å²) in [5.41, 5.74) is 2.77. The Hall–Kier alpha value is -3.12. The standard InChI is InChI=1S/C28H34N2O4/c1-6-20-24-22(21-14-10-11-15-23(21)30(24)27(33)34-28(3,4)5)16-17-29(26(32)25(20)31)18(2)19-12-8-7-9-13-19/h7-15,18,20,25,31H,6,16-17H2,1-5H3/t18-,20+,25-/m0/s1. The molecule has 34 heavy (non-hydrogen) atoms. The van der Waals surface area contributed by atoms with Crippen LogP contribution in [0.15, 0.2) is 54.6 Å². The average Bonchev–Trinajstić information content (AvgIpc) is 3.12. The molecule has 1 aromatic heterocycles. The molecule has 180 valence electrons. The van der Waals surface area contributed by atoms with Gasteiger partial charge in [0.15, 0.2) is 0 Å². The van der Waals surface area contributed by atoms with Crippen molar-refractivity contribution >= 4 is 22.9 Å². The minimum absolute atomic E-state index is 0.179. The van der Waals surface area contributed by atoms with E-state index < -0.39 is 23.7 Å². The predicted molar refractivity (Wildman–Crippen MR) is 133 cm³/mol. The van der Waals surface area contributed by atoms with Crippen LogP contribution in [0.4, 0.5) is 4.79 Å². The summed E-state index contributed by atoms with van der Waals surface area (Å²) in [4.78, 5) is 28.7. The highest BCUT2D eigenvalue weighted by atomic mass is 16.6. The van der Waals surface area contributed by atoms with Crippen molar-refractivity contribution in [2.45, 2.75) is 71.1 Å². The van der Waals surface area contributed by atoms with Gasteiger partial charge >= 0.3 is 6.09 Å². The van der Waals surface area contributed by atoms with Crippen LogP contribution in [0, 0.1) is 0 Å². The molecule has 0 saturated carbocycles. The minimum atomic E-state index is -1.26. The molecule has 1 amide bonds. The lowest BCUT2D eigenvalue weighted by molar-refractivity contribution is -0.144. The number of fused-ring (bicyclic) bond motifs is 3. The van der Waals surface area contributed by atoms with E-state index in [1.54, 1.807) is 9.47 Å². The van der Waals surface area contributed by atoms with Crippen molar-refractivity contribution < 1.29 is 19.4 Å². The molecule has 0 fully saturated rings. The lowest BCUT2D eigenvalue weighted by Gasteiger charge is -2.36. The van der Waals surface area contributed by atoms with E-state index in [0.717, 1.165) is 22.0 Å². The van der Waals surface area contributed by atoms with E-state index in [1.807, 2.05) is 89.2 Å². The normalized spacial score (nSPS) is 19.9. The summed E-state index contributed by atoms with van der Waals surface area (Å²) in [6.45, 7) is 9.87. The van der Waals surface area contributed by atoms with Crippen LogP contribution in [0.25, 0.3) is 10.9 Å². The van der Waals surface area contributed by atoms with Crippen molar-refractivity contribution in [2.24, 2.45) is 0 Å². The fourth-order valence-corrected chi connectivity index (χ4v) is 5.03. The molecule has 1 aliphatic heterocycles. The van der Waals surface area contributed by atoms with Gasteiger partial charge in [0.25, 0.3) is 5.91 Å². The van der Waals surface area contributed by atoms with Gasteiger partial charge < -0.3 is 14.7 Å². The number of carbonyl (C=O) groups is 2. The van der Waals surface area contributed by atoms with Crippen molar-refractivity contribution in [3.8, 4) is 0 Å². The fourth-order valence-electron chi connectivity index (χ4n) is 5.03. The SMILES string of the molecule is CC[C@@H]1c2c(c3ccccc3n2C(=O)OC(C)(C)C)CCN([C@@H](C)c2ccccc2)C(=O)[C@H]1O. The third-order valence-corrected chi connectivity index (χ3v) is 6.66. The number of rotatable bonds is 3. The van der Waals surface area contributed by atoms with Gasteiger partial charge in [-0.05, 0) is 57.7 Å². The zero-order chi connectivity index (χ0) is 24.6. The van der Waals surface area contributed by atoms with Crippen LogP contribution >= 0.6 is 0 Å². The van der Waals surface area contributed by atoms with Gasteiger partial charge in [0.05, 0.1) is 11.6 Å². The van der Waals surface area contributed by atoms with Gasteiger partial charge in [-0.2, -0.15) is 0 Å². The molecule has 1 N–H and O–H groups in total. The molecule has 2 heterocycles. The van der Waals surface area contributed by atoms with Gasteiger partial charge in [0, 0.05) is 23.5 Å². The molecule has 6 heteroatoms. The van der Waals surface area contributed by atoms with E-state index in [1.165, 1.54) is 0 Å². The number of benzene rings is 2. The Morgan fingerprint density at radius 1 is 1.12 bits per heavy atom. The van der Waals surface area contributed by atoms with Crippen LogP contribution in [0.2, 0.25) is 0 Å². The third kappa shape index (κ3) is 4.34. The summed E-state index contributed by atoms with van der Waals surface area (Å²) in [6.07, 6.45) is -0.663. The second-order valence-electron chi connectivity index (χ2n) is 10.0. The number of hydrogen-bond acceptors (Lipinski definition) is 4. The maximum Gasteiger partial charge on any atom is 0.419 e. The molecule has 1 aliphatic rings. The number of hydrogen-bond donors (Lipinski definition) is 1. The first-order chi connectivity index (χ1) is 16.1. The molecule has 2 aromatic carbocycles. The molecular weight excluding hydrogens is 428 g/mol. The Bertz CT molecular complexity index is 1190. The van der Waals surface area contributed by atoms with E-state index in [-0.39, 0.29) is 11.9 Å². The smallest absolute Gasteiger partial charge is 0.419 e. The highest BCUT2D eigenvalue weighted by molar-refractivity contribution is 5.95. The van der Waals surface area contributed by atoms with Crippen LogP contribution in [0.1, 0.15) is 69.8 Å². The number of nitrogens with zero attached hydrogens (tertiary/aromatic N) is 2. The molecule has 0 saturated heterocycles. The van der Waals surface area contributed by atoms with Gasteiger partial charge in [0.2, 0.25) is 0 Å². The van der Waals surface area contributed by atoms with E-state index in [4.69, 9.17) is 4.74 Å². The molecule has 0 unspecified atom stereocenters. The summed E-state index contributed by atoms with van der Waals surface area (Å²) in [5, 5.41) is 12.3. The molecule has 3 aromatic rings. The van der Waals surface area contributed by atoms with E-state index >= 15 is 0 Å². The van der Waals surface area contributed by atoms with Crippen LogP contribution in [0.3, 0.4) is 0 Å². The Balaban J connectivity index is 1.86. The second kappa shape index (κ2) is 9.26. The molecule has 0 aliphatic carbocycles. The Labute approximate surface area is 201 Å². The number of amides is 1. The summed E-state index contributed by atoms with van der Waals surface area (Å²) in [7, 11) is 0. The number of carbonyl (C=O) groups excluding carboxylic acids is 2. The summed E-state index contributed by atoms with van der Waals surface area (Å²) >= 11 is 0. The highest BCUT2D eigenvalue weighted by Gasteiger charge is 2.39. The number of aliphatic hydroxyl groups is 1. The maximum absolute atomic E-state index is 13.6. The molecular formula is C28H34N2O4. The monoisotopic (exact) mass is 462 g/mol. The zero-order valence-corrected chi connectivity index (χ0v) is 20.6. The maximum atomic E-state index is 13.6. The molecule has 0 spiro atoms. The summed E-state index contributed by atoms with van der Waals surface area (Å²) in [5.74, 6) is -0.844. The number of aromatic nitrogens is 1. The lowest BCUT2D eigenvalue weighted by atomic mass is 9.88. The van der Waals surface area contributed by atoms with Gasteiger partial charge in [-0.1, -0.05) is 55.5 Å². The van der Waals surface area contributed by atoms with Gasteiger partial charge in [-0.15, -0.1) is 0 Å². The minimum Gasteiger partial charge on any atom is -0.443 e. The molecule has 0 radical (unpaired) electrons.